The van der Waals surface area contributed by atoms with Crippen molar-refractivity contribution in [3.8, 4) is 11.5 Å². The van der Waals surface area contributed by atoms with Gasteiger partial charge in [-0.05, 0) is 70.1 Å². The zero-order chi connectivity index (χ0) is 28.2. The van der Waals surface area contributed by atoms with Gasteiger partial charge in [0.05, 0.1) is 23.7 Å². The lowest BCUT2D eigenvalue weighted by molar-refractivity contribution is -0.118. The molecule has 1 aliphatic carbocycles. The number of nitrogens with one attached hydrogen (secondary N) is 1. The van der Waals surface area contributed by atoms with E-state index in [0.717, 1.165) is 45.2 Å². The third-order valence-corrected chi connectivity index (χ3v) is 8.16. The fourth-order valence-corrected chi connectivity index (χ4v) is 6.33. The monoisotopic (exact) mass is 571 g/mol. The predicted molar refractivity (Wildman–Crippen MR) is 160 cm³/mol. The van der Waals surface area contributed by atoms with E-state index in [1.807, 2.05) is 24.3 Å². The average molecular weight is 572 g/mol. The van der Waals surface area contributed by atoms with E-state index in [-0.39, 0.29) is 33.6 Å². The Morgan fingerprint density at radius 1 is 0.950 bits per heavy atom. The van der Waals surface area contributed by atoms with Gasteiger partial charge in [-0.15, -0.1) is 0 Å². The van der Waals surface area contributed by atoms with Gasteiger partial charge in [-0.25, -0.2) is 4.79 Å². The molecule has 202 valence electrons. The first-order valence-corrected chi connectivity index (χ1v) is 13.8. The van der Waals surface area contributed by atoms with Crippen LogP contribution in [0.5, 0.6) is 11.5 Å². The molecule has 5 nitrogen and oxygen atoms in total. The molecular weight excluding hydrogens is 545 g/mol. The van der Waals surface area contributed by atoms with Crippen LogP contribution in [-0.2, 0) is 4.79 Å². The van der Waals surface area contributed by atoms with Gasteiger partial charge in [0, 0.05) is 28.3 Å². The summed E-state index contributed by atoms with van der Waals surface area (Å²) in [5, 5.41) is 6.53. The molecule has 0 saturated carbocycles. The number of carbonyl (C=O) groups excluding carboxylic acids is 2. The van der Waals surface area contributed by atoms with Gasteiger partial charge in [-0.1, -0.05) is 73.4 Å². The van der Waals surface area contributed by atoms with E-state index in [2.05, 4.69) is 43.4 Å². The SMILES string of the molecule is COc1cc([C@@H]2Nc3ccc4ccccc4c3C3=C2C(=O)CC(C)(C)C3)ccc1OC(=O)c1ccc(Cl)cc1Cl. The van der Waals surface area contributed by atoms with Gasteiger partial charge >= 0.3 is 5.97 Å². The fraction of sp³-hybridized carbons (Fsp3) is 0.212. The number of esters is 1. The van der Waals surface area contributed by atoms with Crippen molar-refractivity contribution in [2.75, 3.05) is 12.4 Å². The number of methoxy groups -OCH3 is 1. The highest BCUT2D eigenvalue weighted by Crippen LogP contribution is 2.52. The lowest BCUT2D eigenvalue weighted by atomic mass is 9.68. The van der Waals surface area contributed by atoms with Crippen LogP contribution in [0.4, 0.5) is 5.69 Å². The van der Waals surface area contributed by atoms with E-state index in [1.165, 1.54) is 19.2 Å². The Labute approximate surface area is 242 Å². The van der Waals surface area contributed by atoms with Gasteiger partial charge in [-0.3, -0.25) is 4.79 Å². The molecular formula is C33H27Cl2NO4. The molecule has 0 fully saturated rings. The van der Waals surface area contributed by atoms with Crippen LogP contribution >= 0.6 is 23.2 Å². The summed E-state index contributed by atoms with van der Waals surface area (Å²) in [6, 6.07) is 22.0. The first-order chi connectivity index (χ1) is 19.1. The van der Waals surface area contributed by atoms with Crippen molar-refractivity contribution in [1.82, 2.24) is 0 Å². The molecule has 1 N–H and O–H groups in total. The van der Waals surface area contributed by atoms with E-state index in [9.17, 15) is 9.59 Å². The highest BCUT2D eigenvalue weighted by Gasteiger charge is 2.41. The average Bonchev–Trinajstić information content (AvgIpc) is 2.91. The number of benzene rings is 4. The summed E-state index contributed by atoms with van der Waals surface area (Å²) in [7, 11) is 1.51. The summed E-state index contributed by atoms with van der Waals surface area (Å²) in [5.41, 5.74) is 4.83. The minimum Gasteiger partial charge on any atom is -0.493 e. The first-order valence-electron chi connectivity index (χ1n) is 13.1. The maximum absolute atomic E-state index is 13.7. The summed E-state index contributed by atoms with van der Waals surface area (Å²) in [4.78, 5) is 26.6. The van der Waals surface area contributed by atoms with Crippen LogP contribution in [0.15, 0.2) is 78.4 Å². The highest BCUT2D eigenvalue weighted by molar-refractivity contribution is 6.36. The number of ether oxygens (including phenoxy) is 2. The number of Topliss-reactive ketones (excluding diaryl/α,β-unsaturated/α-hetero) is 1. The van der Waals surface area contributed by atoms with Crippen molar-refractivity contribution in [1.29, 1.82) is 0 Å². The Hall–Kier alpha value is -3.80. The largest absolute Gasteiger partial charge is 0.493 e. The number of hydrogen-bond donors (Lipinski definition) is 1. The molecule has 1 atom stereocenters. The van der Waals surface area contributed by atoms with E-state index < -0.39 is 5.97 Å². The molecule has 0 radical (unpaired) electrons. The van der Waals surface area contributed by atoms with Crippen molar-refractivity contribution in [2.45, 2.75) is 32.7 Å². The fourth-order valence-electron chi connectivity index (χ4n) is 5.85. The summed E-state index contributed by atoms with van der Waals surface area (Å²) < 4.78 is 11.3. The molecule has 1 heterocycles. The minimum atomic E-state index is -0.626. The van der Waals surface area contributed by atoms with Gasteiger partial charge in [0.1, 0.15) is 0 Å². The molecule has 0 amide bonds. The maximum Gasteiger partial charge on any atom is 0.345 e. The maximum atomic E-state index is 13.7. The molecule has 7 heteroatoms. The van der Waals surface area contributed by atoms with Crippen LogP contribution in [0.1, 0.15) is 54.2 Å². The number of allylic oxidation sites excluding steroid dienone is 1. The Bertz CT molecular complexity index is 1740. The second-order valence-corrected chi connectivity index (χ2v) is 11.9. The number of carbonyl (C=O) groups is 2. The van der Waals surface area contributed by atoms with Gasteiger partial charge in [0.2, 0.25) is 0 Å². The van der Waals surface area contributed by atoms with Crippen LogP contribution in [0, 0.1) is 5.41 Å². The lowest BCUT2D eigenvalue weighted by Gasteiger charge is -2.40. The normalized spacial score (nSPS) is 17.6. The minimum absolute atomic E-state index is 0.134. The molecule has 0 unspecified atom stereocenters. The second kappa shape index (κ2) is 9.99. The lowest BCUT2D eigenvalue weighted by Crippen LogP contribution is -2.33. The van der Waals surface area contributed by atoms with Crippen LogP contribution in [0.3, 0.4) is 0 Å². The topological polar surface area (TPSA) is 64.6 Å². The van der Waals surface area contributed by atoms with Crippen molar-refractivity contribution in [2.24, 2.45) is 5.41 Å². The van der Waals surface area contributed by atoms with Crippen molar-refractivity contribution in [3.05, 3.63) is 105 Å². The Balaban J connectivity index is 1.42. The summed E-state index contributed by atoms with van der Waals surface area (Å²) >= 11 is 12.2. The van der Waals surface area contributed by atoms with Crippen LogP contribution in [0.2, 0.25) is 10.0 Å². The van der Waals surface area contributed by atoms with Crippen molar-refractivity contribution >= 4 is 57.0 Å². The van der Waals surface area contributed by atoms with Crippen LogP contribution in [0.25, 0.3) is 16.3 Å². The molecule has 2 aliphatic rings. The van der Waals surface area contributed by atoms with Gasteiger partial charge in [0.25, 0.3) is 0 Å². The quantitative estimate of drug-likeness (QED) is 0.196. The van der Waals surface area contributed by atoms with E-state index in [1.54, 1.807) is 12.1 Å². The van der Waals surface area contributed by atoms with Crippen LogP contribution < -0.4 is 14.8 Å². The molecule has 40 heavy (non-hydrogen) atoms. The smallest absolute Gasteiger partial charge is 0.345 e. The van der Waals surface area contributed by atoms with E-state index >= 15 is 0 Å². The molecule has 0 spiro atoms. The summed E-state index contributed by atoms with van der Waals surface area (Å²) in [6.45, 7) is 4.30. The second-order valence-electron chi connectivity index (χ2n) is 11.0. The third kappa shape index (κ3) is 4.63. The number of ketones is 1. The zero-order valence-electron chi connectivity index (χ0n) is 22.3. The molecule has 1 aliphatic heterocycles. The number of fused-ring (bicyclic) bond motifs is 4. The third-order valence-electron chi connectivity index (χ3n) is 7.61. The van der Waals surface area contributed by atoms with Gasteiger partial charge in [0.15, 0.2) is 17.3 Å². The van der Waals surface area contributed by atoms with E-state index in [0.29, 0.717) is 17.2 Å². The molecule has 4 aromatic carbocycles. The van der Waals surface area contributed by atoms with Gasteiger partial charge < -0.3 is 14.8 Å². The Morgan fingerprint density at radius 2 is 1.75 bits per heavy atom. The number of hydrogen-bond acceptors (Lipinski definition) is 5. The van der Waals surface area contributed by atoms with Gasteiger partial charge in [-0.2, -0.15) is 0 Å². The molecule has 4 aromatic rings. The van der Waals surface area contributed by atoms with Crippen molar-refractivity contribution < 1.29 is 19.1 Å². The summed E-state index contributed by atoms with van der Waals surface area (Å²) in [5.74, 6) is 0.121. The first kappa shape index (κ1) is 26.4. The van der Waals surface area contributed by atoms with Crippen molar-refractivity contribution in [3.63, 3.8) is 0 Å². The predicted octanol–water partition coefficient (Wildman–Crippen LogP) is 8.68. The highest BCUT2D eigenvalue weighted by atomic mass is 35.5. The summed E-state index contributed by atoms with van der Waals surface area (Å²) in [6.07, 6.45) is 1.26. The molecule has 0 bridgehead atoms. The zero-order valence-corrected chi connectivity index (χ0v) is 23.8. The number of halogens is 2. The van der Waals surface area contributed by atoms with Crippen LogP contribution in [-0.4, -0.2) is 18.9 Å². The molecule has 0 saturated heterocycles. The standard InChI is InChI=1S/C33H27Cl2NO4/c1-33(2)16-23-29-21-7-5-4-6-18(21)8-12-25(29)36-31(30(23)26(37)17-33)19-9-13-27(28(14-19)39-3)40-32(38)22-11-10-20(34)15-24(22)35/h4-15,31,36H,16-17H2,1-3H3/t31-/m0/s1. The Kier molecular flexibility index (Phi) is 6.60. The number of anilines is 1. The van der Waals surface area contributed by atoms with E-state index in [4.69, 9.17) is 32.7 Å². The molecule has 6 rings (SSSR count). The molecule has 0 aromatic heterocycles. The number of rotatable bonds is 4. The Morgan fingerprint density at radius 3 is 2.52 bits per heavy atom.